The largest absolute Gasteiger partial charge is 0.356 e. The molecule has 0 spiro atoms. The van der Waals surface area contributed by atoms with Crippen LogP contribution in [-0.4, -0.2) is 44.2 Å². The first kappa shape index (κ1) is 19.4. The molecule has 1 amide bonds. The SMILES string of the molecule is O=C(Cn1cnc2sc(-c3ccccc3)cc2c1=O)c1c[nH]c(C(=O)N2CCCC2)c1. The molecule has 4 heterocycles. The first-order chi connectivity index (χ1) is 15.1. The van der Waals surface area contributed by atoms with Crippen molar-refractivity contribution < 1.29 is 9.59 Å². The summed E-state index contributed by atoms with van der Waals surface area (Å²) < 4.78 is 1.32. The van der Waals surface area contributed by atoms with Gasteiger partial charge in [0.15, 0.2) is 5.78 Å². The summed E-state index contributed by atoms with van der Waals surface area (Å²) in [4.78, 5) is 48.8. The Bertz CT molecular complexity index is 1330. The normalized spacial score (nSPS) is 13.7. The number of aromatic amines is 1. The highest BCUT2D eigenvalue weighted by Gasteiger charge is 2.22. The number of carbonyl (C=O) groups excluding carboxylic acids is 2. The molecule has 0 atom stereocenters. The Morgan fingerprint density at radius 1 is 1.10 bits per heavy atom. The van der Waals surface area contributed by atoms with Crippen LogP contribution in [0.3, 0.4) is 0 Å². The van der Waals surface area contributed by atoms with Gasteiger partial charge in [-0.2, -0.15) is 0 Å². The summed E-state index contributed by atoms with van der Waals surface area (Å²) >= 11 is 1.45. The number of thiophene rings is 1. The Kier molecular flexibility index (Phi) is 4.99. The molecule has 8 heteroatoms. The van der Waals surface area contributed by atoms with Gasteiger partial charge in [-0.1, -0.05) is 30.3 Å². The zero-order valence-electron chi connectivity index (χ0n) is 16.7. The van der Waals surface area contributed by atoms with Crippen molar-refractivity contribution in [2.75, 3.05) is 13.1 Å². The molecule has 156 valence electrons. The van der Waals surface area contributed by atoms with Crippen molar-refractivity contribution in [1.82, 2.24) is 19.4 Å². The molecule has 4 aromatic rings. The highest BCUT2D eigenvalue weighted by molar-refractivity contribution is 7.21. The molecule has 1 fully saturated rings. The monoisotopic (exact) mass is 432 g/mol. The number of Topliss-reactive ketones (excluding diaryl/α,β-unsaturated/α-hetero) is 1. The van der Waals surface area contributed by atoms with Gasteiger partial charge in [-0.15, -0.1) is 11.3 Å². The molecule has 7 nitrogen and oxygen atoms in total. The molecular weight excluding hydrogens is 412 g/mol. The third-order valence-electron chi connectivity index (χ3n) is 5.52. The lowest BCUT2D eigenvalue weighted by Gasteiger charge is -2.13. The number of amides is 1. The molecule has 31 heavy (non-hydrogen) atoms. The quantitative estimate of drug-likeness (QED) is 0.489. The number of hydrogen-bond acceptors (Lipinski definition) is 5. The van der Waals surface area contributed by atoms with Crippen LogP contribution in [0.1, 0.15) is 33.7 Å². The number of carbonyl (C=O) groups is 2. The zero-order valence-corrected chi connectivity index (χ0v) is 17.5. The second-order valence-corrected chi connectivity index (χ2v) is 8.63. The van der Waals surface area contributed by atoms with Crippen molar-refractivity contribution in [3.63, 3.8) is 0 Å². The zero-order chi connectivity index (χ0) is 21.4. The number of likely N-dealkylation sites (tertiary alicyclic amines) is 1. The van der Waals surface area contributed by atoms with Crippen LogP contribution in [0, 0.1) is 0 Å². The molecule has 1 N–H and O–H groups in total. The van der Waals surface area contributed by atoms with Crippen molar-refractivity contribution in [3.8, 4) is 10.4 Å². The number of benzene rings is 1. The van der Waals surface area contributed by atoms with Crippen LogP contribution in [0.4, 0.5) is 0 Å². The van der Waals surface area contributed by atoms with Gasteiger partial charge >= 0.3 is 0 Å². The Labute approximate surface area is 182 Å². The Balaban J connectivity index is 1.38. The van der Waals surface area contributed by atoms with Crippen molar-refractivity contribution in [3.05, 3.63) is 76.6 Å². The van der Waals surface area contributed by atoms with Crippen LogP contribution < -0.4 is 5.56 Å². The number of hydrogen-bond donors (Lipinski definition) is 1. The minimum atomic E-state index is -0.251. The lowest BCUT2D eigenvalue weighted by Crippen LogP contribution is -2.27. The maximum Gasteiger partial charge on any atom is 0.270 e. The van der Waals surface area contributed by atoms with Gasteiger partial charge in [0, 0.05) is 29.7 Å². The van der Waals surface area contributed by atoms with Crippen LogP contribution in [0.5, 0.6) is 0 Å². The summed E-state index contributed by atoms with van der Waals surface area (Å²) in [6, 6.07) is 13.2. The van der Waals surface area contributed by atoms with Crippen LogP contribution in [0.25, 0.3) is 20.7 Å². The van der Waals surface area contributed by atoms with E-state index in [9.17, 15) is 14.4 Å². The fourth-order valence-electron chi connectivity index (χ4n) is 3.83. The molecule has 1 aliphatic rings. The number of nitrogens with one attached hydrogen (secondary N) is 1. The standard InChI is InChI=1S/C23H20N4O3S/c28-19(16-10-18(24-12-16)23(30)26-8-4-5-9-26)13-27-14-25-21-17(22(27)29)11-20(31-21)15-6-2-1-3-7-15/h1-3,6-7,10-12,14,24H,4-5,8-9,13H2. The van der Waals surface area contributed by atoms with E-state index in [0.29, 0.717) is 21.5 Å². The van der Waals surface area contributed by atoms with Gasteiger partial charge in [0.05, 0.1) is 18.3 Å². The Morgan fingerprint density at radius 3 is 2.65 bits per heavy atom. The van der Waals surface area contributed by atoms with Gasteiger partial charge < -0.3 is 9.88 Å². The van der Waals surface area contributed by atoms with Gasteiger partial charge in [-0.05, 0) is 30.5 Å². The predicted molar refractivity (Wildman–Crippen MR) is 120 cm³/mol. The van der Waals surface area contributed by atoms with E-state index in [4.69, 9.17) is 0 Å². The van der Waals surface area contributed by atoms with E-state index in [2.05, 4.69) is 9.97 Å². The number of rotatable bonds is 5. The summed E-state index contributed by atoms with van der Waals surface area (Å²) in [5.74, 6) is -0.345. The third-order valence-corrected chi connectivity index (χ3v) is 6.61. The third kappa shape index (κ3) is 3.70. The number of fused-ring (bicyclic) bond motifs is 1. The number of ketones is 1. The summed E-state index contributed by atoms with van der Waals surface area (Å²) in [6.07, 6.45) is 4.95. The van der Waals surface area contributed by atoms with E-state index in [-0.39, 0.29) is 23.8 Å². The molecule has 1 saturated heterocycles. The van der Waals surface area contributed by atoms with Crippen LogP contribution in [0.15, 0.2) is 59.8 Å². The van der Waals surface area contributed by atoms with Gasteiger partial charge in [0.2, 0.25) is 0 Å². The minimum Gasteiger partial charge on any atom is -0.356 e. The van der Waals surface area contributed by atoms with Crippen molar-refractivity contribution in [2.24, 2.45) is 0 Å². The molecule has 1 aliphatic heterocycles. The molecule has 3 aromatic heterocycles. The van der Waals surface area contributed by atoms with E-state index in [1.165, 1.54) is 28.4 Å². The number of aromatic nitrogens is 3. The molecule has 1 aromatic carbocycles. The van der Waals surface area contributed by atoms with Gasteiger partial charge in [-0.25, -0.2) is 4.98 Å². The minimum absolute atomic E-state index is 0.0940. The summed E-state index contributed by atoms with van der Waals surface area (Å²) in [6.45, 7) is 1.36. The van der Waals surface area contributed by atoms with Crippen molar-refractivity contribution in [1.29, 1.82) is 0 Å². The first-order valence-electron chi connectivity index (χ1n) is 10.2. The van der Waals surface area contributed by atoms with Crippen LogP contribution in [-0.2, 0) is 6.54 Å². The molecule has 0 bridgehead atoms. The summed E-state index contributed by atoms with van der Waals surface area (Å²) in [5, 5.41) is 0.498. The molecule has 0 unspecified atom stereocenters. The molecule has 5 rings (SSSR count). The van der Waals surface area contributed by atoms with Gasteiger partial charge in [0.25, 0.3) is 11.5 Å². The average Bonchev–Trinajstić information content (AvgIpc) is 3.56. The van der Waals surface area contributed by atoms with Crippen molar-refractivity contribution >= 4 is 33.2 Å². The first-order valence-corrected chi connectivity index (χ1v) is 11.0. The van der Waals surface area contributed by atoms with E-state index >= 15 is 0 Å². The molecular formula is C23H20N4O3S. The molecule has 0 aliphatic carbocycles. The topological polar surface area (TPSA) is 88.1 Å². The second-order valence-electron chi connectivity index (χ2n) is 7.60. The fraction of sp³-hybridized carbons (Fsp3) is 0.217. The predicted octanol–water partition coefficient (Wildman–Crippen LogP) is 3.57. The Morgan fingerprint density at radius 2 is 1.87 bits per heavy atom. The molecule has 0 radical (unpaired) electrons. The number of H-pyrrole nitrogens is 1. The van der Waals surface area contributed by atoms with E-state index in [0.717, 1.165) is 36.4 Å². The number of nitrogens with zero attached hydrogens (tertiary/aromatic N) is 3. The smallest absolute Gasteiger partial charge is 0.270 e. The van der Waals surface area contributed by atoms with Gasteiger partial charge in [0.1, 0.15) is 10.5 Å². The fourth-order valence-corrected chi connectivity index (χ4v) is 4.83. The average molecular weight is 433 g/mol. The Hall–Kier alpha value is -3.52. The van der Waals surface area contributed by atoms with Crippen molar-refractivity contribution in [2.45, 2.75) is 19.4 Å². The van der Waals surface area contributed by atoms with Gasteiger partial charge in [-0.3, -0.25) is 19.0 Å². The molecule has 0 saturated carbocycles. The van der Waals surface area contributed by atoms with E-state index in [1.807, 2.05) is 36.4 Å². The maximum atomic E-state index is 12.9. The highest BCUT2D eigenvalue weighted by atomic mass is 32.1. The van der Waals surface area contributed by atoms with Crippen LogP contribution >= 0.6 is 11.3 Å². The highest BCUT2D eigenvalue weighted by Crippen LogP contribution is 2.30. The van der Waals surface area contributed by atoms with E-state index < -0.39 is 0 Å². The van der Waals surface area contributed by atoms with E-state index in [1.54, 1.807) is 11.0 Å². The second kappa shape index (κ2) is 7.96. The maximum absolute atomic E-state index is 12.9. The lowest BCUT2D eigenvalue weighted by molar-refractivity contribution is 0.0787. The van der Waals surface area contributed by atoms with Crippen LogP contribution in [0.2, 0.25) is 0 Å². The summed E-state index contributed by atoms with van der Waals surface area (Å²) in [7, 11) is 0. The lowest BCUT2D eigenvalue weighted by atomic mass is 10.2. The summed E-state index contributed by atoms with van der Waals surface area (Å²) in [5.41, 5.74) is 1.55.